The molecule has 0 aliphatic heterocycles. The van der Waals surface area contributed by atoms with Gasteiger partial charge in [-0.05, 0) is 24.6 Å². The fourth-order valence-electron chi connectivity index (χ4n) is 1.60. The first-order chi connectivity index (χ1) is 7.16. The lowest BCUT2D eigenvalue weighted by Crippen LogP contribution is -2.18. The number of nitrogens with zero attached hydrogens (tertiary/aromatic N) is 1. The number of para-hydroxylation sites is 1. The summed E-state index contributed by atoms with van der Waals surface area (Å²) < 4.78 is 0. The standard InChI is InChI=1S/C12H19ClN2/c1-4-8-14-9-10-6-5-7-11(13)12(10)15(2)3/h5-7,14H,4,8-9H2,1-3H3. The van der Waals surface area contributed by atoms with Gasteiger partial charge in [0.2, 0.25) is 0 Å². The van der Waals surface area contributed by atoms with E-state index >= 15 is 0 Å². The van der Waals surface area contributed by atoms with E-state index in [0.29, 0.717) is 0 Å². The van der Waals surface area contributed by atoms with Gasteiger partial charge >= 0.3 is 0 Å². The molecule has 15 heavy (non-hydrogen) atoms. The minimum atomic E-state index is 0.816. The molecular formula is C12H19ClN2. The molecule has 0 fully saturated rings. The van der Waals surface area contributed by atoms with Crippen LogP contribution in [0.1, 0.15) is 18.9 Å². The maximum atomic E-state index is 6.17. The van der Waals surface area contributed by atoms with Crippen LogP contribution in [0.2, 0.25) is 5.02 Å². The summed E-state index contributed by atoms with van der Waals surface area (Å²) in [5.41, 5.74) is 2.36. The first-order valence-corrected chi connectivity index (χ1v) is 5.70. The van der Waals surface area contributed by atoms with E-state index in [0.717, 1.165) is 30.2 Å². The number of hydrogen-bond donors (Lipinski definition) is 1. The van der Waals surface area contributed by atoms with Gasteiger partial charge in [-0.1, -0.05) is 30.7 Å². The Hall–Kier alpha value is -0.730. The molecule has 2 nitrogen and oxygen atoms in total. The van der Waals surface area contributed by atoms with E-state index in [9.17, 15) is 0 Å². The predicted molar refractivity (Wildman–Crippen MR) is 67.8 cm³/mol. The maximum Gasteiger partial charge on any atom is 0.0642 e. The van der Waals surface area contributed by atoms with Crippen molar-refractivity contribution in [1.82, 2.24) is 5.32 Å². The molecule has 0 amide bonds. The zero-order valence-electron chi connectivity index (χ0n) is 9.68. The summed E-state index contributed by atoms with van der Waals surface area (Å²) in [4.78, 5) is 2.06. The summed E-state index contributed by atoms with van der Waals surface area (Å²) >= 11 is 6.17. The summed E-state index contributed by atoms with van der Waals surface area (Å²) in [6.07, 6.45) is 1.15. The van der Waals surface area contributed by atoms with Gasteiger partial charge < -0.3 is 10.2 Å². The molecule has 0 spiro atoms. The third kappa shape index (κ3) is 3.40. The molecule has 3 heteroatoms. The molecule has 0 atom stereocenters. The van der Waals surface area contributed by atoms with Crippen LogP contribution in [0.4, 0.5) is 5.69 Å². The average Bonchev–Trinajstić information content (AvgIpc) is 2.17. The van der Waals surface area contributed by atoms with Crippen LogP contribution in [0.15, 0.2) is 18.2 Å². The van der Waals surface area contributed by atoms with Gasteiger partial charge in [0.15, 0.2) is 0 Å². The van der Waals surface area contributed by atoms with Crippen molar-refractivity contribution in [2.75, 3.05) is 25.5 Å². The van der Waals surface area contributed by atoms with Crippen LogP contribution in [0.5, 0.6) is 0 Å². The van der Waals surface area contributed by atoms with Gasteiger partial charge in [0.25, 0.3) is 0 Å². The first-order valence-electron chi connectivity index (χ1n) is 5.32. The Kier molecular flexibility index (Phi) is 4.92. The highest BCUT2D eigenvalue weighted by Gasteiger charge is 2.07. The van der Waals surface area contributed by atoms with Gasteiger partial charge in [0.1, 0.15) is 0 Å². The second-order valence-corrected chi connectivity index (χ2v) is 4.23. The fraction of sp³-hybridized carbons (Fsp3) is 0.500. The van der Waals surface area contributed by atoms with Crippen LogP contribution >= 0.6 is 11.6 Å². The lowest BCUT2D eigenvalue weighted by molar-refractivity contribution is 0.675. The Morgan fingerprint density at radius 3 is 2.67 bits per heavy atom. The number of hydrogen-bond acceptors (Lipinski definition) is 2. The lowest BCUT2D eigenvalue weighted by Gasteiger charge is -2.19. The minimum Gasteiger partial charge on any atom is -0.376 e. The SMILES string of the molecule is CCCNCc1cccc(Cl)c1N(C)C. The monoisotopic (exact) mass is 226 g/mol. The molecule has 84 valence electrons. The van der Waals surface area contributed by atoms with Crippen molar-refractivity contribution in [3.05, 3.63) is 28.8 Å². The van der Waals surface area contributed by atoms with Crippen molar-refractivity contribution >= 4 is 17.3 Å². The Morgan fingerprint density at radius 1 is 1.33 bits per heavy atom. The third-order valence-corrected chi connectivity index (χ3v) is 2.56. The Labute approximate surface area is 97.2 Å². The summed E-state index contributed by atoms with van der Waals surface area (Å²) in [7, 11) is 4.04. The van der Waals surface area contributed by atoms with Crippen LogP contribution in [-0.4, -0.2) is 20.6 Å². The van der Waals surface area contributed by atoms with Gasteiger partial charge in [0, 0.05) is 20.6 Å². The maximum absolute atomic E-state index is 6.17. The highest BCUT2D eigenvalue weighted by atomic mass is 35.5. The molecule has 1 aromatic carbocycles. The summed E-state index contributed by atoms with van der Waals surface area (Å²) in [6, 6.07) is 6.04. The minimum absolute atomic E-state index is 0.816. The van der Waals surface area contributed by atoms with Gasteiger partial charge in [0.05, 0.1) is 10.7 Å². The topological polar surface area (TPSA) is 15.3 Å². The van der Waals surface area contributed by atoms with Gasteiger partial charge in [-0.3, -0.25) is 0 Å². The molecule has 0 aliphatic rings. The third-order valence-electron chi connectivity index (χ3n) is 2.26. The highest BCUT2D eigenvalue weighted by Crippen LogP contribution is 2.28. The molecule has 0 aromatic heterocycles. The Morgan fingerprint density at radius 2 is 2.07 bits per heavy atom. The predicted octanol–water partition coefficient (Wildman–Crippen LogP) is 2.91. The quantitative estimate of drug-likeness (QED) is 0.777. The van der Waals surface area contributed by atoms with Gasteiger partial charge in [-0.15, -0.1) is 0 Å². The second kappa shape index (κ2) is 5.99. The molecule has 0 heterocycles. The van der Waals surface area contributed by atoms with Crippen molar-refractivity contribution in [3.63, 3.8) is 0 Å². The molecule has 0 bridgehead atoms. The fourth-order valence-corrected chi connectivity index (χ4v) is 1.97. The molecule has 1 N–H and O–H groups in total. The Bertz CT molecular complexity index is 310. The molecule has 1 aromatic rings. The van der Waals surface area contributed by atoms with E-state index in [-0.39, 0.29) is 0 Å². The van der Waals surface area contributed by atoms with E-state index in [1.54, 1.807) is 0 Å². The summed E-state index contributed by atoms with van der Waals surface area (Å²) in [5, 5.41) is 4.20. The molecule has 0 saturated carbocycles. The first kappa shape index (κ1) is 12.3. The second-order valence-electron chi connectivity index (χ2n) is 3.82. The largest absolute Gasteiger partial charge is 0.376 e. The van der Waals surface area contributed by atoms with E-state index in [1.807, 2.05) is 26.2 Å². The van der Waals surface area contributed by atoms with Crippen molar-refractivity contribution < 1.29 is 0 Å². The average molecular weight is 227 g/mol. The number of rotatable bonds is 5. The van der Waals surface area contributed by atoms with E-state index in [4.69, 9.17) is 11.6 Å². The molecule has 0 aliphatic carbocycles. The molecule has 0 radical (unpaired) electrons. The van der Waals surface area contributed by atoms with E-state index in [2.05, 4.69) is 23.2 Å². The number of nitrogens with one attached hydrogen (secondary N) is 1. The number of halogens is 1. The zero-order valence-corrected chi connectivity index (χ0v) is 10.4. The zero-order chi connectivity index (χ0) is 11.3. The van der Waals surface area contributed by atoms with E-state index < -0.39 is 0 Å². The molecule has 1 rings (SSSR count). The van der Waals surface area contributed by atoms with Crippen molar-refractivity contribution in [3.8, 4) is 0 Å². The normalized spacial score (nSPS) is 10.4. The summed E-state index contributed by atoms with van der Waals surface area (Å²) in [5.74, 6) is 0. The summed E-state index contributed by atoms with van der Waals surface area (Å²) in [6.45, 7) is 4.08. The Balaban J connectivity index is 2.81. The van der Waals surface area contributed by atoms with Crippen molar-refractivity contribution in [2.45, 2.75) is 19.9 Å². The van der Waals surface area contributed by atoms with Gasteiger partial charge in [-0.25, -0.2) is 0 Å². The number of benzene rings is 1. The van der Waals surface area contributed by atoms with Crippen LogP contribution in [0.25, 0.3) is 0 Å². The van der Waals surface area contributed by atoms with Crippen LogP contribution in [0.3, 0.4) is 0 Å². The van der Waals surface area contributed by atoms with E-state index in [1.165, 1.54) is 5.56 Å². The lowest BCUT2D eigenvalue weighted by atomic mass is 10.1. The van der Waals surface area contributed by atoms with Crippen LogP contribution in [-0.2, 0) is 6.54 Å². The highest BCUT2D eigenvalue weighted by molar-refractivity contribution is 6.33. The number of anilines is 1. The van der Waals surface area contributed by atoms with Crippen LogP contribution < -0.4 is 10.2 Å². The van der Waals surface area contributed by atoms with Crippen molar-refractivity contribution in [2.24, 2.45) is 0 Å². The van der Waals surface area contributed by atoms with Gasteiger partial charge in [-0.2, -0.15) is 0 Å². The smallest absolute Gasteiger partial charge is 0.0642 e. The molecular weight excluding hydrogens is 208 g/mol. The van der Waals surface area contributed by atoms with Crippen LogP contribution in [0, 0.1) is 0 Å². The van der Waals surface area contributed by atoms with Crippen molar-refractivity contribution in [1.29, 1.82) is 0 Å². The molecule has 0 saturated heterocycles. The molecule has 0 unspecified atom stereocenters.